The molecule has 0 aliphatic carbocycles. The Labute approximate surface area is 96.5 Å². The molecule has 92 valence electrons. The lowest BCUT2D eigenvalue weighted by molar-refractivity contribution is 0.0224. The lowest BCUT2D eigenvalue weighted by Gasteiger charge is -2.10. The van der Waals surface area contributed by atoms with Crippen molar-refractivity contribution in [3.63, 3.8) is 0 Å². The summed E-state index contributed by atoms with van der Waals surface area (Å²) in [6.45, 7) is 5.00. The third-order valence-corrected chi connectivity index (χ3v) is 2.50. The normalized spacial score (nSPS) is 26.1. The van der Waals surface area contributed by atoms with Crippen molar-refractivity contribution in [2.24, 2.45) is 0 Å². The molecule has 2 saturated heterocycles. The molecule has 0 aromatic heterocycles. The summed E-state index contributed by atoms with van der Waals surface area (Å²) in [5, 5.41) is 0. The fraction of sp³-hybridized carbons (Fsp3) is 0.833. The van der Waals surface area contributed by atoms with Crippen molar-refractivity contribution in [2.45, 2.75) is 38.4 Å². The van der Waals surface area contributed by atoms with E-state index in [1.54, 1.807) is 0 Å². The minimum Gasteiger partial charge on any atom is -0.463 e. The van der Waals surface area contributed by atoms with Crippen LogP contribution < -0.4 is 0 Å². The fourth-order valence-corrected chi connectivity index (χ4v) is 1.26. The van der Waals surface area contributed by atoms with Crippen LogP contribution in [0.3, 0.4) is 0 Å². The van der Waals surface area contributed by atoms with Gasteiger partial charge in [0.25, 0.3) is 5.95 Å². The van der Waals surface area contributed by atoms with Gasteiger partial charge in [-0.2, -0.15) is 0 Å². The summed E-state index contributed by atoms with van der Waals surface area (Å²) in [4.78, 5) is 0. The lowest BCUT2D eigenvalue weighted by Crippen LogP contribution is -2.08. The first-order chi connectivity index (χ1) is 7.88. The van der Waals surface area contributed by atoms with E-state index in [-0.39, 0.29) is 12.2 Å². The Balaban J connectivity index is 1.65. The van der Waals surface area contributed by atoms with Gasteiger partial charge in [0, 0.05) is 0 Å². The van der Waals surface area contributed by atoms with Gasteiger partial charge in [-0.3, -0.25) is 0 Å². The molecular formula is C12H20O4. The molecule has 0 N–H and O–H groups in total. The van der Waals surface area contributed by atoms with E-state index in [1.165, 1.54) is 6.42 Å². The van der Waals surface area contributed by atoms with E-state index in [4.69, 9.17) is 18.9 Å². The molecule has 2 heterocycles. The molecule has 2 rings (SSSR count). The van der Waals surface area contributed by atoms with Crippen LogP contribution in [0, 0.1) is 0 Å². The monoisotopic (exact) mass is 228 g/mol. The van der Waals surface area contributed by atoms with Crippen molar-refractivity contribution in [1.29, 1.82) is 0 Å². The number of hydrogen-bond donors (Lipinski definition) is 0. The highest BCUT2D eigenvalue weighted by Crippen LogP contribution is 2.15. The number of ether oxygens (including phenoxy) is 4. The quantitative estimate of drug-likeness (QED) is 0.343. The number of hydrogen-bond acceptors (Lipinski definition) is 4. The minimum absolute atomic E-state index is 0.273. The van der Waals surface area contributed by atoms with Crippen LogP contribution in [0.25, 0.3) is 0 Å². The van der Waals surface area contributed by atoms with Gasteiger partial charge in [-0.25, -0.2) is 0 Å². The maximum Gasteiger partial charge on any atom is 0.275 e. The highest BCUT2D eigenvalue weighted by molar-refractivity contribution is 4.86. The second-order valence-corrected chi connectivity index (χ2v) is 4.20. The van der Waals surface area contributed by atoms with E-state index in [2.05, 4.69) is 6.92 Å². The van der Waals surface area contributed by atoms with Gasteiger partial charge in [0.2, 0.25) is 0 Å². The summed E-state index contributed by atoms with van der Waals surface area (Å²) in [6.07, 6.45) is 5.92. The Kier molecular flexibility index (Phi) is 4.48. The molecule has 0 aromatic rings. The van der Waals surface area contributed by atoms with Crippen LogP contribution in [-0.2, 0) is 18.9 Å². The molecule has 2 aliphatic rings. The molecule has 2 atom stereocenters. The van der Waals surface area contributed by atoms with E-state index < -0.39 is 0 Å². The molecule has 4 heteroatoms. The molecule has 0 amide bonds. The lowest BCUT2D eigenvalue weighted by atomic mass is 10.2. The van der Waals surface area contributed by atoms with Crippen LogP contribution in [0.5, 0.6) is 0 Å². The SMILES string of the molecule is CCCCC=C(OCC1CO1)OCC1CO1. The average molecular weight is 228 g/mol. The topological polar surface area (TPSA) is 43.5 Å². The summed E-state index contributed by atoms with van der Waals surface area (Å²) in [6, 6.07) is 0. The Hall–Kier alpha value is -0.740. The van der Waals surface area contributed by atoms with Gasteiger partial charge in [0.15, 0.2) is 0 Å². The Morgan fingerprint density at radius 3 is 2.19 bits per heavy atom. The van der Waals surface area contributed by atoms with Crippen molar-refractivity contribution >= 4 is 0 Å². The van der Waals surface area contributed by atoms with Crippen LogP contribution in [0.4, 0.5) is 0 Å². The maximum absolute atomic E-state index is 5.55. The highest BCUT2D eigenvalue weighted by Gasteiger charge is 2.26. The zero-order valence-electron chi connectivity index (χ0n) is 9.81. The van der Waals surface area contributed by atoms with Crippen LogP contribution in [-0.4, -0.2) is 38.6 Å². The molecule has 2 fully saturated rings. The molecule has 0 aromatic carbocycles. The van der Waals surface area contributed by atoms with Gasteiger partial charge in [0.05, 0.1) is 13.2 Å². The fourth-order valence-electron chi connectivity index (χ4n) is 1.26. The molecule has 2 aliphatic heterocycles. The van der Waals surface area contributed by atoms with Gasteiger partial charge >= 0.3 is 0 Å². The van der Waals surface area contributed by atoms with Gasteiger partial charge in [-0.1, -0.05) is 13.3 Å². The maximum atomic E-state index is 5.55. The highest BCUT2D eigenvalue weighted by atomic mass is 16.7. The first-order valence-corrected chi connectivity index (χ1v) is 6.07. The van der Waals surface area contributed by atoms with Crippen LogP contribution in [0.2, 0.25) is 0 Å². The molecule has 0 saturated carbocycles. The Morgan fingerprint density at radius 1 is 1.19 bits per heavy atom. The number of rotatable bonds is 9. The van der Waals surface area contributed by atoms with Crippen LogP contribution >= 0.6 is 0 Å². The largest absolute Gasteiger partial charge is 0.463 e. The van der Waals surface area contributed by atoms with E-state index in [0.29, 0.717) is 19.2 Å². The van der Waals surface area contributed by atoms with Crippen molar-refractivity contribution < 1.29 is 18.9 Å². The van der Waals surface area contributed by atoms with Gasteiger partial charge < -0.3 is 18.9 Å². The third kappa shape index (κ3) is 4.86. The number of epoxide rings is 2. The first kappa shape index (κ1) is 11.7. The molecular weight excluding hydrogens is 208 g/mol. The molecule has 2 unspecified atom stereocenters. The van der Waals surface area contributed by atoms with Crippen LogP contribution in [0.1, 0.15) is 26.2 Å². The summed E-state index contributed by atoms with van der Waals surface area (Å²) >= 11 is 0. The summed E-state index contributed by atoms with van der Waals surface area (Å²) in [5.41, 5.74) is 0. The third-order valence-electron chi connectivity index (χ3n) is 2.50. The van der Waals surface area contributed by atoms with Crippen molar-refractivity contribution in [3.8, 4) is 0 Å². The summed E-state index contributed by atoms with van der Waals surface area (Å²) in [7, 11) is 0. The molecule has 0 spiro atoms. The smallest absolute Gasteiger partial charge is 0.275 e. The van der Waals surface area contributed by atoms with Crippen LogP contribution in [0.15, 0.2) is 12.0 Å². The number of unbranched alkanes of at least 4 members (excludes halogenated alkanes) is 2. The zero-order chi connectivity index (χ0) is 11.2. The van der Waals surface area contributed by atoms with Crippen molar-refractivity contribution in [1.82, 2.24) is 0 Å². The number of allylic oxidation sites excluding steroid dienone is 1. The van der Waals surface area contributed by atoms with Gasteiger partial charge in [-0.05, 0) is 18.9 Å². The summed E-state index contributed by atoms with van der Waals surface area (Å²) in [5.74, 6) is 0.638. The Bertz CT molecular complexity index is 213. The van der Waals surface area contributed by atoms with E-state index in [9.17, 15) is 0 Å². The molecule has 0 bridgehead atoms. The predicted molar refractivity (Wildman–Crippen MR) is 59.0 cm³/mol. The standard InChI is InChI=1S/C12H20O4/c1-2-3-4-5-12(15-8-10-6-13-10)16-9-11-7-14-11/h5,10-11H,2-4,6-9H2,1H3. The average Bonchev–Trinajstić information content (AvgIpc) is 3.16. The van der Waals surface area contributed by atoms with E-state index in [0.717, 1.165) is 26.1 Å². The van der Waals surface area contributed by atoms with Crippen molar-refractivity contribution in [2.75, 3.05) is 26.4 Å². The minimum atomic E-state index is 0.273. The second kappa shape index (κ2) is 6.11. The zero-order valence-corrected chi connectivity index (χ0v) is 9.81. The van der Waals surface area contributed by atoms with Crippen molar-refractivity contribution in [3.05, 3.63) is 12.0 Å². The second-order valence-electron chi connectivity index (χ2n) is 4.20. The predicted octanol–water partition coefficient (Wildman–Crippen LogP) is 1.85. The summed E-state index contributed by atoms with van der Waals surface area (Å²) < 4.78 is 21.3. The first-order valence-electron chi connectivity index (χ1n) is 6.07. The molecule has 16 heavy (non-hydrogen) atoms. The van der Waals surface area contributed by atoms with E-state index >= 15 is 0 Å². The van der Waals surface area contributed by atoms with Gasteiger partial charge in [-0.15, -0.1) is 0 Å². The molecule has 4 nitrogen and oxygen atoms in total. The van der Waals surface area contributed by atoms with Gasteiger partial charge in [0.1, 0.15) is 25.4 Å². The molecule has 0 radical (unpaired) electrons. The Morgan fingerprint density at radius 2 is 1.75 bits per heavy atom. The van der Waals surface area contributed by atoms with E-state index in [1.807, 2.05) is 6.08 Å².